The van der Waals surface area contributed by atoms with Gasteiger partial charge in [-0.1, -0.05) is 18.2 Å². The molecule has 0 heterocycles. The fraction of sp³-hybridized carbons (Fsp3) is 0.316. The van der Waals surface area contributed by atoms with E-state index >= 15 is 0 Å². The third-order valence-corrected chi connectivity index (χ3v) is 3.64. The van der Waals surface area contributed by atoms with Crippen molar-refractivity contribution in [3.8, 4) is 11.1 Å². The highest BCUT2D eigenvalue weighted by Crippen LogP contribution is 2.24. The van der Waals surface area contributed by atoms with Crippen LogP contribution in [-0.4, -0.2) is 36.9 Å². The minimum Gasteiger partial charge on any atom is -0.389 e. The molecule has 0 fully saturated rings. The van der Waals surface area contributed by atoms with Gasteiger partial charge >= 0.3 is 0 Å². The molecule has 5 heteroatoms. The number of hydrogen-bond acceptors (Lipinski definition) is 3. The quantitative estimate of drug-likeness (QED) is 0.820. The molecule has 0 aliphatic rings. The summed E-state index contributed by atoms with van der Waals surface area (Å²) in [4.78, 5) is 12.2. The van der Waals surface area contributed by atoms with Gasteiger partial charge in [0.2, 0.25) is 0 Å². The Labute approximate surface area is 141 Å². The lowest BCUT2D eigenvalue weighted by Crippen LogP contribution is -2.34. The van der Waals surface area contributed by atoms with Crippen LogP contribution >= 0.6 is 0 Å². The second-order valence-electron chi connectivity index (χ2n) is 5.56. The summed E-state index contributed by atoms with van der Waals surface area (Å²) in [6, 6.07) is 11.7. The molecule has 2 N–H and O–H groups in total. The summed E-state index contributed by atoms with van der Waals surface area (Å²) in [5, 5.41) is 12.4. The molecule has 2 rings (SSSR count). The number of aryl methyl sites for hydroxylation is 1. The fourth-order valence-corrected chi connectivity index (χ4v) is 2.40. The summed E-state index contributed by atoms with van der Waals surface area (Å²) in [5.74, 6) is -0.555. The van der Waals surface area contributed by atoms with Gasteiger partial charge < -0.3 is 15.2 Å². The van der Waals surface area contributed by atoms with E-state index in [0.29, 0.717) is 12.2 Å². The predicted octanol–water partition coefficient (Wildman–Crippen LogP) is 2.93. The molecular formula is C19H22FNO3. The maximum atomic E-state index is 13.2. The number of amides is 1. The molecule has 4 nitrogen and oxygen atoms in total. The topological polar surface area (TPSA) is 58.6 Å². The first-order valence-corrected chi connectivity index (χ1v) is 7.92. The predicted molar refractivity (Wildman–Crippen MR) is 91.4 cm³/mol. The molecule has 0 aromatic heterocycles. The van der Waals surface area contributed by atoms with Gasteiger partial charge in [-0.05, 0) is 54.8 Å². The summed E-state index contributed by atoms with van der Waals surface area (Å²) < 4.78 is 18.3. The number of aliphatic hydroxyl groups excluding tert-OH is 1. The average Bonchev–Trinajstić information content (AvgIpc) is 2.58. The van der Waals surface area contributed by atoms with E-state index < -0.39 is 6.10 Å². The molecule has 0 bridgehead atoms. The molecular weight excluding hydrogens is 309 g/mol. The van der Waals surface area contributed by atoms with Crippen LogP contribution in [0.3, 0.4) is 0 Å². The minimum absolute atomic E-state index is 0.124. The van der Waals surface area contributed by atoms with Crippen LogP contribution in [0.25, 0.3) is 11.1 Å². The van der Waals surface area contributed by atoms with Gasteiger partial charge in [0.05, 0.1) is 12.7 Å². The Hall–Kier alpha value is -2.24. The Kier molecular flexibility index (Phi) is 6.46. The van der Waals surface area contributed by atoms with E-state index in [1.807, 2.05) is 19.9 Å². The molecule has 128 valence electrons. The van der Waals surface area contributed by atoms with Gasteiger partial charge in [0.25, 0.3) is 5.91 Å². The SMILES string of the molecule is CCOC[C@@H](O)CNC(=O)c1cccc(-c2ccc(F)cc2C)c1. The maximum Gasteiger partial charge on any atom is 0.251 e. The molecule has 1 atom stereocenters. The molecule has 2 aromatic rings. The van der Waals surface area contributed by atoms with Crippen molar-refractivity contribution in [3.63, 3.8) is 0 Å². The minimum atomic E-state index is -0.739. The Morgan fingerprint density at radius 2 is 2.08 bits per heavy atom. The molecule has 24 heavy (non-hydrogen) atoms. The highest BCUT2D eigenvalue weighted by molar-refractivity contribution is 5.95. The van der Waals surface area contributed by atoms with Crippen molar-refractivity contribution >= 4 is 5.91 Å². The van der Waals surface area contributed by atoms with E-state index in [9.17, 15) is 14.3 Å². The third kappa shape index (κ3) is 4.88. The molecule has 0 saturated heterocycles. The van der Waals surface area contributed by atoms with Crippen LogP contribution in [-0.2, 0) is 4.74 Å². The zero-order valence-electron chi connectivity index (χ0n) is 13.9. The number of ether oxygens (including phenoxy) is 1. The standard InChI is InChI=1S/C19H22FNO3/c1-3-24-12-17(22)11-21-19(23)15-6-4-5-14(10-15)18-8-7-16(20)9-13(18)2/h4-10,17,22H,3,11-12H2,1-2H3,(H,21,23)/t17-/m0/s1. The van der Waals surface area contributed by atoms with E-state index in [1.165, 1.54) is 12.1 Å². The highest BCUT2D eigenvalue weighted by atomic mass is 19.1. The van der Waals surface area contributed by atoms with E-state index in [1.54, 1.807) is 24.3 Å². The van der Waals surface area contributed by atoms with Crippen LogP contribution in [0.5, 0.6) is 0 Å². The van der Waals surface area contributed by atoms with Gasteiger partial charge in [-0.3, -0.25) is 4.79 Å². The van der Waals surface area contributed by atoms with Crippen molar-refractivity contribution in [3.05, 3.63) is 59.4 Å². The number of carbonyl (C=O) groups is 1. The normalized spacial score (nSPS) is 12.0. The summed E-state index contributed by atoms with van der Waals surface area (Å²) in [7, 11) is 0. The number of hydrogen-bond donors (Lipinski definition) is 2. The van der Waals surface area contributed by atoms with Crippen molar-refractivity contribution in [1.82, 2.24) is 5.32 Å². The fourth-order valence-electron chi connectivity index (χ4n) is 2.40. The third-order valence-electron chi connectivity index (χ3n) is 3.64. The van der Waals surface area contributed by atoms with E-state index in [4.69, 9.17) is 4.74 Å². The number of rotatable bonds is 7. The summed E-state index contributed by atoms with van der Waals surface area (Å²) in [6.07, 6.45) is -0.739. The van der Waals surface area contributed by atoms with Crippen LogP contribution in [0.1, 0.15) is 22.8 Å². The number of carbonyl (C=O) groups excluding carboxylic acids is 1. The first kappa shape index (κ1) is 18.1. The number of aliphatic hydroxyl groups is 1. The Balaban J connectivity index is 2.08. The molecule has 0 radical (unpaired) electrons. The van der Waals surface area contributed by atoms with Gasteiger partial charge in [-0.25, -0.2) is 4.39 Å². The van der Waals surface area contributed by atoms with Crippen molar-refractivity contribution < 1.29 is 19.0 Å². The summed E-state index contributed by atoms with van der Waals surface area (Å²) in [6.45, 7) is 4.50. The van der Waals surface area contributed by atoms with Crippen LogP contribution < -0.4 is 5.32 Å². The van der Waals surface area contributed by atoms with E-state index in [0.717, 1.165) is 16.7 Å². The lowest BCUT2D eigenvalue weighted by Gasteiger charge is -2.12. The average molecular weight is 331 g/mol. The molecule has 2 aromatic carbocycles. The smallest absolute Gasteiger partial charge is 0.251 e. The maximum absolute atomic E-state index is 13.2. The molecule has 0 spiro atoms. The molecule has 0 saturated carbocycles. The number of nitrogens with one attached hydrogen (secondary N) is 1. The lowest BCUT2D eigenvalue weighted by atomic mass is 9.98. The van der Waals surface area contributed by atoms with Gasteiger partial charge in [-0.2, -0.15) is 0 Å². The summed E-state index contributed by atoms with van der Waals surface area (Å²) >= 11 is 0. The summed E-state index contributed by atoms with van der Waals surface area (Å²) in [5.41, 5.74) is 3.01. The van der Waals surface area contributed by atoms with Crippen LogP contribution in [0.4, 0.5) is 4.39 Å². The van der Waals surface area contributed by atoms with Crippen LogP contribution in [0.2, 0.25) is 0 Å². The van der Waals surface area contributed by atoms with Crippen LogP contribution in [0.15, 0.2) is 42.5 Å². The van der Waals surface area contributed by atoms with Crippen molar-refractivity contribution in [1.29, 1.82) is 0 Å². The number of benzene rings is 2. The Morgan fingerprint density at radius 3 is 2.79 bits per heavy atom. The zero-order chi connectivity index (χ0) is 17.5. The van der Waals surface area contributed by atoms with Crippen LogP contribution in [0, 0.1) is 12.7 Å². The Bertz CT molecular complexity index is 703. The van der Waals surface area contributed by atoms with Crippen molar-refractivity contribution in [2.45, 2.75) is 20.0 Å². The first-order chi connectivity index (χ1) is 11.5. The van der Waals surface area contributed by atoms with Gasteiger partial charge in [0, 0.05) is 18.7 Å². The van der Waals surface area contributed by atoms with Gasteiger partial charge in [-0.15, -0.1) is 0 Å². The van der Waals surface area contributed by atoms with E-state index in [2.05, 4.69) is 5.32 Å². The van der Waals surface area contributed by atoms with Crippen molar-refractivity contribution in [2.75, 3.05) is 19.8 Å². The molecule has 1 amide bonds. The van der Waals surface area contributed by atoms with Crippen molar-refractivity contribution in [2.24, 2.45) is 0 Å². The second-order valence-corrected chi connectivity index (χ2v) is 5.56. The van der Waals surface area contributed by atoms with E-state index in [-0.39, 0.29) is 24.9 Å². The van der Waals surface area contributed by atoms with Gasteiger partial charge in [0.15, 0.2) is 0 Å². The molecule has 0 unspecified atom stereocenters. The van der Waals surface area contributed by atoms with Gasteiger partial charge in [0.1, 0.15) is 5.82 Å². The Morgan fingerprint density at radius 1 is 1.29 bits per heavy atom. The monoisotopic (exact) mass is 331 g/mol. The molecule has 0 aliphatic heterocycles. The number of halogens is 1. The first-order valence-electron chi connectivity index (χ1n) is 7.92. The zero-order valence-corrected chi connectivity index (χ0v) is 13.9. The second kappa shape index (κ2) is 8.57. The highest BCUT2D eigenvalue weighted by Gasteiger charge is 2.11. The lowest BCUT2D eigenvalue weighted by molar-refractivity contribution is 0.0418. The molecule has 0 aliphatic carbocycles. The largest absolute Gasteiger partial charge is 0.389 e.